The molecule has 0 heterocycles. The molecule has 110 valence electrons. The van der Waals surface area contributed by atoms with Gasteiger partial charge >= 0.3 is 5.97 Å². The molecule has 6 nitrogen and oxygen atoms in total. The Morgan fingerprint density at radius 2 is 1.75 bits per heavy atom. The van der Waals surface area contributed by atoms with Crippen molar-refractivity contribution >= 4 is 11.8 Å². The summed E-state index contributed by atoms with van der Waals surface area (Å²) in [5, 5.41) is 27.7. The molecule has 0 spiro atoms. The second-order valence-electron chi connectivity index (χ2n) is 4.32. The Balaban J connectivity index is 2.66. The first kappa shape index (κ1) is 16.3. The summed E-state index contributed by atoms with van der Waals surface area (Å²) in [6, 6.07) is 5.99. The van der Waals surface area contributed by atoms with Crippen LogP contribution in [0.4, 0.5) is 0 Å². The van der Waals surface area contributed by atoms with Crippen molar-refractivity contribution in [3.8, 4) is 0 Å². The number of carbonyl (C=O) groups excluding carboxylic acids is 2. The van der Waals surface area contributed by atoms with E-state index in [0.717, 1.165) is 0 Å². The van der Waals surface area contributed by atoms with Gasteiger partial charge < -0.3 is 20.1 Å². The summed E-state index contributed by atoms with van der Waals surface area (Å²) in [7, 11) is 1.26. The Hall–Kier alpha value is -1.76. The predicted octanol–water partition coefficient (Wildman–Crippen LogP) is 0.209. The number of ketones is 1. The minimum Gasteiger partial charge on any atom is -0.469 e. The highest BCUT2D eigenvalue weighted by atomic mass is 16.5. The molecule has 2 atom stereocenters. The van der Waals surface area contributed by atoms with Crippen molar-refractivity contribution in [2.75, 3.05) is 13.7 Å². The van der Waals surface area contributed by atoms with Gasteiger partial charge in [-0.3, -0.25) is 9.59 Å². The van der Waals surface area contributed by atoms with Gasteiger partial charge in [0.25, 0.3) is 0 Å². The Kier molecular flexibility index (Phi) is 6.30. The number of Topliss-reactive ketones (excluding diaryl/α,β-unsaturated/α-hetero) is 1. The number of aliphatic hydroxyl groups excluding tert-OH is 3. The van der Waals surface area contributed by atoms with E-state index in [2.05, 4.69) is 4.74 Å². The maximum absolute atomic E-state index is 11.8. The molecule has 0 radical (unpaired) electrons. The molecule has 0 fully saturated rings. The van der Waals surface area contributed by atoms with Crippen molar-refractivity contribution in [3.63, 3.8) is 0 Å². The van der Waals surface area contributed by atoms with E-state index >= 15 is 0 Å². The Bertz CT molecular complexity index is 453. The number of ether oxygens (including phenoxy) is 1. The fourth-order valence-corrected chi connectivity index (χ4v) is 1.65. The van der Waals surface area contributed by atoms with E-state index < -0.39 is 24.8 Å². The number of esters is 1. The zero-order valence-corrected chi connectivity index (χ0v) is 11.2. The third-order valence-corrected chi connectivity index (χ3v) is 2.91. The number of aliphatic hydroxyl groups is 3. The summed E-state index contributed by atoms with van der Waals surface area (Å²) in [5.74, 6) is -0.657. The molecule has 0 aliphatic rings. The second kappa shape index (κ2) is 7.74. The smallest absolute Gasteiger partial charge is 0.305 e. The van der Waals surface area contributed by atoms with E-state index in [1.807, 2.05) is 0 Å². The van der Waals surface area contributed by atoms with Crippen LogP contribution in [0.2, 0.25) is 0 Å². The van der Waals surface area contributed by atoms with E-state index in [1.165, 1.54) is 31.4 Å². The molecule has 2 unspecified atom stereocenters. The molecule has 1 aromatic rings. The molecule has 20 heavy (non-hydrogen) atoms. The van der Waals surface area contributed by atoms with E-state index in [9.17, 15) is 19.8 Å². The zero-order valence-electron chi connectivity index (χ0n) is 11.2. The Morgan fingerprint density at radius 1 is 1.15 bits per heavy atom. The van der Waals surface area contributed by atoms with Gasteiger partial charge in [-0.15, -0.1) is 0 Å². The largest absolute Gasteiger partial charge is 0.469 e. The molecule has 0 amide bonds. The van der Waals surface area contributed by atoms with Crippen molar-refractivity contribution in [2.24, 2.45) is 0 Å². The lowest BCUT2D eigenvalue weighted by molar-refractivity contribution is -0.140. The zero-order chi connectivity index (χ0) is 15.1. The molecular weight excluding hydrogens is 264 g/mol. The number of hydrogen-bond donors (Lipinski definition) is 3. The molecule has 0 saturated heterocycles. The average Bonchev–Trinajstić information content (AvgIpc) is 2.50. The summed E-state index contributed by atoms with van der Waals surface area (Å²) < 4.78 is 4.45. The monoisotopic (exact) mass is 282 g/mol. The quantitative estimate of drug-likeness (QED) is 0.488. The maximum Gasteiger partial charge on any atom is 0.305 e. The molecule has 0 saturated carbocycles. The molecule has 1 aromatic carbocycles. The van der Waals surface area contributed by atoms with Crippen molar-refractivity contribution in [2.45, 2.75) is 25.0 Å². The van der Waals surface area contributed by atoms with Gasteiger partial charge in [0.05, 0.1) is 20.1 Å². The number of hydrogen-bond acceptors (Lipinski definition) is 6. The van der Waals surface area contributed by atoms with Crippen molar-refractivity contribution < 1.29 is 29.6 Å². The molecular formula is C14H18O6. The van der Waals surface area contributed by atoms with Crippen LogP contribution in [-0.2, 0) is 9.53 Å². The standard InChI is InChI=1S/C14H18O6/c1-20-13(18)7-6-11(16)9-2-4-10(5-3-9)14(19)12(17)8-15/h2-5,12,14-15,17,19H,6-8H2,1H3. The first-order valence-corrected chi connectivity index (χ1v) is 6.16. The molecule has 0 bridgehead atoms. The van der Waals surface area contributed by atoms with Crippen LogP contribution < -0.4 is 0 Å². The highest BCUT2D eigenvalue weighted by molar-refractivity contribution is 5.97. The van der Waals surface area contributed by atoms with Gasteiger partial charge in [-0.2, -0.15) is 0 Å². The van der Waals surface area contributed by atoms with Gasteiger partial charge in [-0.05, 0) is 5.56 Å². The van der Waals surface area contributed by atoms with Gasteiger partial charge in [-0.25, -0.2) is 0 Å². The van der Waals surface area contributed by atoms with Crippen LogP contribution in [-0.4, -0.2) is 46.9 Å². The van der Waals surface area contributed by atoms with Crippen LogP contribution in [0, 0.1) is 0 Å². The van der Waals surface area contributed by atoms with Gasteiger partial charge in [0.2, 0.25) is 0 Å². The molecule has 0 aromatic heterocycles. The molecule has 6 heteroatoms. The summed E-state index contributed by atoms with van der Waals surface area (Å²) in [6.07, 6.45) is -2.41. The number of carbonyl (C=O) groups is 2. The highest BCUT2D eigenvalue weighted by Crippen LogP contribution is 2.18. The Labute approximate surface area is 116 Å². The normalized spacial score (nSPS) is 13.6. The van der Waals surface area contributed by atoms with Gasteiger partial charge in [-0.1, -0.05) is 24.3 Å². The lowest BCUT2D eigenvalue weighted by Gasteiger charge is -2.15. The predicted molar refractivity (Wildman–Crippen MR) is 70.1 cm³/mol. The van der Waals surface area contributed by atoms with Crippen LogP contribution in [0.1, 0.15) is 34.9 Å². The number of methoxy groups -OCH3 is 1. The second-order valence-corrected chi connectivity index (χ2v) is 4.32. The minimum atomic E-state index is -1.27. The third-order valence-electron chi connectivity index (χ3n) is 2.91. The summed E-state index contributed by atoms with van der Waals surface area (Å²) in [5.41, 5.74) is 0.805. The Morgan fingerprint density at radius 3 is 2.25 bits per heavy atom. The molecule has 0 aliphatic heterocycles. The lowest BCUT2D eigenvalue weighted by Crippen LogP contribution is -2.22. The molecule has 0 aliphatic carbocycles. The SMILES string of the molecule is COC(=O)CCC(=O)c1ccc(C(O)C(O)CO)cc1. The van der Waals surface area contributed by atoms with Crippen LogP contribution in [0.25, 0.3) is 0 Å². The fourth-order valence-electron chi connectivity index (χ4n) is 1.65. The van der Waals surface area contributed by atoms with Crippen LogP contribution in [0.3, 0.4) is 0 Å². The summed E-state index contributed by atoms with van der Waals surface area (Å²) >= 11 is 0. The maximum atomic E-state index is 11.8. The first-order valence-electron chi connectivity index (χ1n) is 6.16. The fraction of sp³-hybridized carbons (Fsp3) is 0.429. The van der Waals surface area contributed by atoms with Gasteiger partial charge in [0.1, 0.15) is 12.2 Å². The van der Waals surface area contributed by atoms with Crippen molar-refractivity contribution in [3.05, 3.63) is 35.4 Å². The van der Waals surface area contributed by atoms with Crippen molar-refractivity contribution in [1.82, 2.24) is 0 Å². The van der Waals surface area contributed by atoms with Gasteiger partial charge in [0.15, 0.2) is 5.78 Å². The highest BCUT2D eigenvalue weighted by Gasteiger charge is 2.17. The van der Waals surface area contributed by atoms with E-state index in [4.69, 9.17) is 5.11 Å². The van der Waals surface area contributed by atoms with Crippen LogP contribution in [0.15, 0.2) is 24.3 Å². The summed E-state index contributed by atoms with van der Waals surface area (Å²) in [4.78, 5) is 22.7. The van der Waals surface area contributed by atoms with Crippen LogP contribution in [0.5, 0.6) is 0 Å². The summed E-state index contributed by atoms with van der Waals surface area (Å²) in [6.45, 7) is -0.555. The van der Waals surface area contributed by atoms with Gasteiger partial charge in [0, 0.05) is 12.0 Å². The number of benzene rings is 1. The van der Waals surface area contributed by atoms with E-state index in [0.29, 0.717) is 11.1 Å². The van der Waals surface area contributed by atoms with Crippen molar-refractivity contribution in [1.29, 1.82) is 0 Å². The molecule has 3 N–H and O–H groups in total. The topological polar surface area (TPSA) is 104 Å². The lowest BCUT2D eigenvalue weighted by atomic mass is 10.0. The first-order chi connectivity index (χ1) is 9.49. The number of rotatable bonds is 7. The van der Waals surface area contributed by atoms with Crippen LogP contribution >= 0.6 is 0 Å². The van der Waals surface area contributed by atoms with E-state index in [-0.39, 0.29) is 18.6 Å². The van der Waals surface area contributed by atoms with E-state index in [1.54, 1.807) is 0 Å². The molecule has 1 rings (SSSR count). The average molecular weight is 282 g/mol. The third kappa shape index (κ3) is 4.41. The minimum absolute atomic E-state index is 0.0168.